The minimum absolute atomic E-state index is 0.182. The summed E-state index contributed by atoms with van der Waals surface area (Å²) in [6.07, 6.45) is -13.9. The molecule has 4 aliphatic rings. The zero-order valence-corrected chi connectivity index (χ0v) is 38.2. The topological polar surface area (TPSA) is 199 Å². The molecule has 5 aromatic carbocycles. The molecule has 5 aromatic rings. The standard InChI is InChI=1S/C53H52O17/c1-53(2)69-45-40(59-29-32-18-8-3-9-19-32)38(64-52(45)70-53)30-60-51-44(68-49(58)36-26-16-7-17-27-36)42(66-47(56)34-22-12-5-13-23-34)39(63-51)31-61-50-43(67-48(57)35-24-14-6-15-25-35)41(37(28-54)62-50)65-46(55)33-20-10-4-11-21-33/h3-27,37-45,50-52,54H,28-31H2,1-2H3/t37-,38-,39-,40-,41-,42-,43+,44+,45+,50+,51+,52+/m1/s1. The van der Waals surface area contributed by atoms with Crippen molar-refractivity contribution in [1.29, 1.82) is 0 Å². The van der Waals surface area contributed by atoms with Crippen LogP contribution in [0.25, 0.3) is 0 Å². The minimum Gasteiger partial charge on any atom is -0.452 e. The zero-order chi connectivity index (χ0) is 48.6. The first-order chi connectivity index (χ1) is 34.0. The van der Waals surface area contributed by atoms with Crippen molar-refractivity contribution in [3.05, 3.63) is 179 Å². The SMILES string of the molecule is CC1(C)O[C@@H]2O[C@H](CO[C@H]3O[C@H](CO[C@H]4O[C@H](CO)[C@@H](OC(=O)c5ccccc5)[C@@H]4OC(=O)c4ccccc4)[C@@H](OC(=O)c4ccccc4)[C@@H]3OC(=O)c3ccccc3)[C@@H](OCc3ccccc3)[C@@H]2O1. The van der Waals surface area contributed by atoms with E-state index in [2.05, 4.69) is 0 Å². The smallest absolute Gasteiger partial charge is 0.338 e. The van der Waals surface area contributed by atoms with Gasteiger partial charge in [-0.25, -0.2) is 19.2 Å². The summed E-state index contributed by atoms with van der Waals surface area (Å²) in [4.78, 5) is 54.8. The van der Waals surface area contributed by atoms with E-state index in [4.69, 9.17) is 56.8 Å². The van der Waals surface area contributed by atoms with Crippen LogP contribution in [0.5, 0.6) is 0 Å². The Labute approximate surface area is 403 Å². The lowest BCUT2D eigenvalue weighted by atomic mass is 10.1. The molecule has 0 bridgehead atoms. The normalized spacial score (nSPS) is 28.7. The minimum atomic E-state index is -1.49. The zero-order valence-electron chi connectivity index (χ0n) is 38.2. The van der Waals surface area contributed by atoms with Crippen LogP contribution < -0.4 is 0 Å². The molecular weight excluding hydrogens is 909 g/mol. The van der Waals surface area contributed by atoms with E-state index < -0.39 is 117 Å². The van der Waals surface area contributed by atoms with Crippen molar-refractivity contribution in [2.45, 2.75) is 100 Å². The van der Waals surface area contributed by atoms with Gasteiger partial charge in [0, 0.05) is 0 Å². The average Bonchev–Trinajstić information content (AvgIpc) is 4.09. The maximum atomic E-state index is 13.9. The van der Waals surface area contributed by atoms with Crippen molar-refractivity contribution in [3.8, 4) is 0 Å². The molecule has 17 heteroatoms. The summed E-state index contributed by atoms with van der Waals surface area (Å²) in [5.41, 5.74) is 1.68. The summed E-state index contributed by atoms with van der Waals surface area (Å²) >= 11 is 0. The highest BCUT2D eigenvalue weighted by atomic mass is 16.8. The lowest BCUT2D eigenvalue weighted by molar-refractivity contribution is -0.241. The molecule has 0 spiro atoms. The molecule has 12 atom stereocenters. The van der Waals surface area contributed by atoms with Gasteiger partial charge in [-0.1, -0.05) is 103 Å². The Balaban J connectivity index is 0.997. The van der Waals surface area contributed by atoms with Crippen molar-refractivity contribution in [3.63, 3.8) is 0 Å². The fraction of sp³-hybridized carbons (Fsp3) is 0.358. The molecule has 4 aliphatic heterocycles. The van der Waals surface area contributed by atoms with Crippen molar-refractivity contribution >= 4 is 23.9 Å². The van der Waals surface area contributed by atoms with Gasteiger partial charge in [0.2, 0.25) is 0 Å². The van der Waals surface area contributed by atoms with E-state index in [9.17, 15) is 24.3 Å². The van der Waals surface area contributed by atoms with Crippen molar-refractivity contribution in [1.82, 2.24) is 0 Å². The van der Waals surface area contributed by atoms with Gasteiger partial charge in [-0.3, -0.25) is 0 Å². The van der Waals surface area contributed by atoms with Crippen LogP contribution in [0.4, 0.5) is 0 Å². The van der Waals surface area contributed by atoms with Gasteiger partial charge in [0.25, 0.3) is 0 Å². The molecule has 9 rings (SSSR count). The Morgan fingerprint density at radius 1 is 0.457 bits per heavy atom. The number of benzene rings is 5. The molecule has 0 aliphatic carbocycles. The van der Waals surface area contributed by atoms with E-state index in [-0.39, 0.29) is 35.5 Å². The molecule has 0 amide bonds. The van der Waals surface area contributed by atoms with Crippen LogP contribution in [-0.4, -0.2) is 128 Å². The van der Waals surface area contributed by atoms with Crippen molar-refractivity contribution in [2.75, 3.05) is 19.8 Å². The molecule has 4 heterocycles. The van der Waals surface area contributed by atoms with Crippen LogP contribution >= 0.6 is 0 Å². The fourth-order valence-electron chi connectivity index (χ4n) is 8.56. The molecule has 17 nitrogen and oxygen atoms in total. The van der Waals surface area contributed by atoms with E-state index >= 15 is 0 Å². The van der Waals surface area contributed by atoms with Crippen molar-refractivity contribution in [2.24, 2.45) is 0 Å². The molecule has 4 fully saturated rings. The van der Waals surface area contributed by atoms with E-state index in [1.165, 1.54) is 0 Å². The number of ether oxygens (including phenoxy) is 12. The highest BCUT2D eigenvalue weighted by Crippen LogP contribution is 2.40. The Bertz CT molecular complexity index is 2510. The number of fused-ring (bicyclic) bond motifs is 1. The lowest BCUT2D eigenvalue weighted by Crippen LogP contribution is -2.45. The van der Waals surface area contributed by atoms with Crippen LogP contribution in [0.3, 0.4) is 0 Å². The lowest BCUT2D eigenvalue weighted by Gasteiger charge is -2.28. The average molecular weight is 961 g/mol. The monoisotopic (exact) mass is 960 g/mol. The summed E-state index contributed by atoms with van der Waals surface area (Å²) in [7, 11) is 0. The molecule has 366 valence electrons. The number of hydrogen-bond donors (Lipinski definition) is 1. The van der Waals surface area contributed by atoms with E-state index in [0.29, 0.717) is 0 Å². The first kappa shape index (κ1) is 48.6. The number of hydrogen-bond acceptors (Lipinski definition) is 17. The summed E-state index contributed by atoms with van der Waals surface area (Å²) in [6.45, 7) is 2.44. The maximum absolute atomic E-state index is 13.9. The number of carbonyl (C=O) groups is 4. The van der Waals surface area contributed by atoms with Crippen LogP contribution in [0.15, 0.2) is 152 Å². The first-order valence-electron chi connectivity index (χ1n) is 22.9. The number of aliphatic hydroxyl groups is 1. The van der Waals surface area contributed by atoms with Crippen LogP contribution in [0.2, 0.25) is 0 Å². The molecule has 70 heavy (non-hydrogen) atoms. The van der Waals surface area contributed by atoms with Crippen molar-refractivity contribution < 1.29 is 81.1 Å². The van der Waals surface area contributed by atoms with Gasteiger partial charge in [-0.2, -0.15) is 0 Å². The van der Waals surface area contributed by atoms with Gasteiger partial charge in [0.15, 0.2) is 49.1 Å². The van der Waals surface area contributed by atoms with Gasteiger partial charge in [0.05, 0.1) is 48.7 Å². The third-order valence-electron chi connectivity index (χ3n) is 11.9. The molecule has 4 saturated heterocycles. The van der Waals surface area contributed by atoms with Crippen LogP contribution in [-0.2, 0) is 63.4 Å². The second-order valence-electron chi connectivity index (χ2n) is 17.3. The van der Waals surface area contributed by atoms with Gasteiger partial charge in [-0.15, -0.1) is 0 Å². The van der Waals surface area contributed by atoms with Gasteiger partial charge < -0.3 is 61.9 Å². The first-order valence-corrected chi connectivity index (χ1v) is 22.9. The third-order valence-corrected chi connectivity index (χ3v) is 11.9. The Morgan fingerprint density at radius 3 is 1.26 bits per heavy atom. The predicted molar refractivity (Wildman–Crippen MR) is 243 cm³/mol. The van der Waals surface area contributed by atoms with Crippen LogP contribution in [0, 0.1) is 0 Å². The van der Waals surface area contributed by atoms with E-state index in [1.54, 1.807) is 135 Å². The van der Waals surface area contributed by atoms with E-state index in [0.717, 1.165) is 5.56 Å². The molecule has 0 aromatic heterocycles. The van der Waals surface area contributed by atoms with Gasteiger partial charge in [0.1, 0.15) is 30.5 Å². The number of rotatable bonds is 18. The number of esters is 4. The van der Waals surface area contributed by atoms with E-state index in [1.807, 2.05) is 30.3 Å². The highest BCUT2D eigenvalue weighted by molar-refractivity contribution is 5.91. The Hall–Kier alpha value is -6.38. The quantitative estimate of drug-likeness (QED) is 0.0813. The fourth-order valence-corrected chi connectivity index (χ4v) is 8.56. The predicted octanol–water partition coefficient (Wildman–Crippen LogP) is 5.83. The second-order valence-corrected chi connectivity index (χ2v) is 17.3. The molecule has 1 N–H and O–H groups in total. The molecular formula is C53H52O17. The highest BCUT2D eigenvalue weighted by Gasteiger charge is 2.58. The summed E-state index contributed by atoms with van der Waals surface area (Å²) < 4.78 is 74.6. The maximum Gasteiger partial charge on any atom is 0.338 e. The molecule has 0 unspecified atom stereocenters. The summed E-state index contributed by atoms with van der Waals surface area (Å²) in [5, 5.41) is 10.5. The Kier molecular flexibility index (Phi) is 15.4. The summed E-state index contributed by atoms with van der Waals surface area (Å²) in [6, 6.07) is 42.2. The second kappa shape index (κ2) is 22.1. The Morgan fingerprint density at radius 2 is 0.829 bits per heavy atom. The number of carbonyl (C=O) groups excluding carboxylic acids is 4. The third kappa shape index (κ3) is 11.5. The van der Waals surface area contributed by atoms with Gasteiger partial charge >= 0.3 is 23.9 Å². The molecule has 0 saturated carbocycles. The summed E-state index contributed by atoms with van der Waals surface area (Å²) in [5.74, 6) is -4.07. The number of aliphatic hydroxyl groups excluding tert-OH is 1. The molecule has 0 radical (unpaired) electrons. The largest absolute Gasteiger partial charge is 0.452 e. The van der Waals surface area contributed by atoms with Gasteiger partial charge in [-0.05, 0) is 67.9 Å². The van der Waals surface area contributed by atoms with Crippen LogP contribution in [0.1, 0.15) is 60.8 Å².